The molecule has 6 heteroatoms. The molecule has 1 aliphatic rings. The first-order chi connectivity index (χ1) is 15.0. The molecule has 1 amide bonds. The van der Waals surface area contributed by atoms with Gasteiger partial charge in [0.2, 0.25) is 0 Å². The van der Waals surface area contributed by atoms with Gasteiger partial charge in [-0.1, -0.05) is 60.1 Å². The van der Waals surface area contributed by atoms with Gasteiger partial charge in [-0.25, -0.2) is 4.79 Å². The van der Waals surface area contributed by atoms with Gasteiger partial charge in [0, 0.05) is 16.1 Å². The molecule has 0 aromatic heterocycles. The van der Waals surface area contributed by atoms with Crippen LogP contribution >= 0.6 is 11.6 Å². The minimum Gasteiger partial charge on any atom is -0.496 e. The quantitative estimate of drug-likeness (QED) is 0.579. The Balaban J connectivity index is 1.73. The SMILES string of the molecule is COc1cc(C(=O)N2[C@@H](C(=O)O)CC[C@@H]2c2ccccc2Cl)ccc1-c1ccccc1. The summed E-state index contributed by atoms with van der Waals surface area (Å²) in [4.78, 5) is 26.9. The van der Waals surface area contributed by atoms with Gasteiger partial charge in [0.05, 0.1) is 13.2 Å². The summed E-state index contributed by atoms with van der Waals surface area (Å²) in [5.41, 5.74) is 2.96. The van der Waals surface area contributed by atoms with E-state index in [0.29, 0.717) is 29.2 Å². The number of benzene rings is 3. The fraction of sp³-hybridized carbons (Fsp3) is 0.200. The first-order valence-corrected chi connectivity index (χ1v) is 10.4. The number of amides is 1. The number of carbonyl (C=O) groups excluding carboxylic acids is 1. The smallest absolute Gasteiger partial charge is 0.326 e. The van der Waals surface area contributed by atoms with Crippen LogP contribution in [0.4, 0.5) is 0 Å². The zero-order chi connectivity index (χ0) is 22.0. The highest BCUT2D eigenvalue weighted by molar-refractivity contribution is 6.31. The number of methoxy groups -OCH3 is 1. The largest absolute Gasteiger partial charge is 0.496 e. The number of carboxylic acid groups (broad SMARTS) is 1. The molecule has 158 valence electrons. The van der Waals surface area contributed by atoms with E-state index in [2.05, 4.69) is 0 Å². The Hall–Kier alpha value is -3.31. The highest BCUT2D eigenvalue weighted by atomic mass is 35.5. The summed E-state index contributed by atoms with van der Waals surface area (Å²) in [6, 6.07) is 20.9. The van der Waals surface area contributed by atoms with Crippen molar-refractivity contribution in [3.05, 3.63) is 88.9 Å². The van der Waals surface area contributed by atoms with Crippen molar-refractivity contribution >= 4 is 23.5 Å². The molecule has 2 atom stereocenters. The molecular weight excluding hydrogens is 414 g/mol. The van der Waals surface area contributed by atoms with Gasteiger partial charge in [-0.05, 0) is 48.2 Å². The van der Waals surface area contributed by atoms with Gasteiger partial charge in [0.15, 0.2) is 0 Å². The van der Waals surface area contributed by atoms with E-state index >= 15 is 0 Å². The van der Waals surface area contributed by atoms with Gasteiger partial charge in [0.1, 0.15) is 11.8 Å². The molecule has 0 aliphatic carbocycles. The van der Waals surface area contributed by atoms with Crippen molar-refractivity contribution < 1.29 is 19.4 Å². The van der Waals surface area contributed by atoms with Gasteiger partial charge in [-0.2, -0.15) is 0 Å². The van der Waals surface area contributed by atoms with E-state index in [1.807, 2.05) is 54.6 Å². The molecule has 3 aromatic carbocycles. The topological polar surface area (TPSA) is 66.8 Å². The number of carbonyl (C=O) groups is 2. The molecule has 4 rings (SSSR count). The Morgan fingerprint density at radius 2 is 1.71 bits per heavy atom. The average Bonchev–Trinajstić information content (AvgIpc) is 3.24. The Morgan fingerprint density at radius 1 is 1.00 bits per heavy atom. The lowest BCUT2D eigenvalue weighted by atomic mass is 10.0. The molecule has 0 spiro atoms. The van der Waals surface area contributed by atoms with Crippen LogP contribution in [0.15, 0.2) is 72.8 Å². The number of hydrogen-bond donors (Lipinski definition) is 1. The molecule has 1 heterocycles. The summed E-state index contributed by atoms with van der Waals surface area (Å²) in [5.74, 6) is -0.819. The minimum absolute atomic E-state index is 0.354. The lowest BCUT2D eigenvalue weighted by Crippen LogP contribution is -2.41. The van der Waals surface area contributed by atoms with Crippen molar-refractivity contribution in [2.75, 3.05) is 7.11 Å². The molecule has 0 saturated carbocycles. The van der Waals surface area contributed by atoms with Crippen molar-refractivity contribution in [3.8, 4) is 16.9 Å². The summed E-state index contributed by atoms with van der Waals surface area (Å²) >= 11 is 6.38. The summed E-state index contributed by atoms with van der Waals surface area (Å²) in [6.07, 6.45) is 0.905. The Labute approximate surface area is 185 Å². The van der Waals surface area contributed by atoms with E-state index in [1.165, 1.54) is 4.90 Å². The van der Waals surface area contributed by atoms with Gasteiger partial charge in [-0.3, -0.25) is 4.79 Å². The molecule has 0 unspecified atom stereocenters. The maximum Gasteiger partial charge on any atom is 0.326 e. The maximum atomic E-state index is 13.5. The normalized spacial score (nSPS) is 18.1. The van der Waals surface area contributed by atoms with Gasteiger partial charge in [-0.15, -0.1) is 0 Å². The van der Waals surface area contributed by atoms with Crippen LogP contribution in [0.5, 0.6) is 5.75 Å². The van der Waals surface area contributed by atoms with E-state index in [9.17, 15) is 14.7 Å². The average molecular weight is 436 g/mol. The van der Waals surface area contributed by atoms with Gasteiger partial charge < -0.3 is 14.7 Å². The predicted molar refractivity (Wildman–Crippen MR) is 119 cm³/mol. The molecule has 1 aliphatic heterocycles. The van der Waals surface area contributed by atoms with Crippen LogP contribution in [0.25, 0.3) is 11.1 Å². The van der Waals surface area contributed by atoms with E-state index < -0.39 is 18.1 Å². The van der Waals surface area contributed by atoms with Crippen LogP contribution in [0.3, 0.4) is 0 Å². The second-order valence-electron chi connectivity index (χ2n) is 7.46. The Bertz CT molecular complexity index is 1120. The number of rotatable bonds is 5. The Kier molecular flexibility index (Phi) is 5.96. The number of aliphatic carboxylic acids is 1. The lowest BCUT2D eigenvalue weighted by molar-refractivity contribution is -0.141. The monoisotopic (exact) mass is 435 g/mol. The number of ether oxygens (including phenoxy) is 1. The highest BCUT2D eigenvalue weighted by Crippen LogP contribution is 2.41. The first kappa shape index (κ1) is 20.9. The number of carboxylic acids is 1. The van der Waals surface area contributed by atoms with Crippen LogP contribution in [-0.4, -0.2) is 35.0 Å². The molecule has 0 radical (unpaired) electrons. The minimum atomic E-state index is -1.02. The zero-order valence-corrected chi connectivity index (χ0v) is 17.8. The van der Waals surface area contributed by atoms with Crippen LogP contribution in [0.1, 0.15) is 34.8 Å². The van der Waals surface area contributed by atoms with E-state index in [1.54, 1.807) is 25.3 Å². The Morgan fingerprint density at radius 3 is 2.39 bits per heavy atom. The number of hydrogen-bond acceptors (Lipinski definition) is 3. The lowest BCUT2D eigenvalue weighted by Gasteiger charge is -2.29. The molecular formula is C25H22ClNO4. The van der Waals surface area contributed by atoms with Crippen molar-refractivity contribution in [3.63, 3.8) is 0 Å². The second kappa shape index (κ2) is 8.82. The van der Waals surface area contributed by atoms with Gasteiger partial charge in [0.25, 0.3) is 5.91 Å². The second-order valence-corrected chi connectivity index (χ2v) is 7.87. The zero-order valence-electron chi connectivity index (χ0n) is 17.0. The molecule has 5 nitrogen and oxygen atoms in total. The maximum absolute atomic E-state index is 13.5. The van der Waals surface area contributed by atoms with E-state index in [-0.39, 0.29) is 5.91 Å². The van der Waals surface area contributed by atoms with Crippen molar-refractivity contribution in [1.82, 2.24) is 4.90 Å². The van der Waals surface area contributed by atoms with Crippen LogP contribution in [0.2, 0.25) is 5.02 Å². The molecule has 1 saturated heterocycles. The van der Waals surface area contributed by atoms with E-state index in [0.717, 1.165) is 16.7 Å². The van der Waals surface area contributed by atoms with Crippen molar-refractivity contribution in [2.45, 2.75) is 24.9 Å². The van der Waals surface area contributed by atoms with Gasteiger partial charge >= 0.3 is 5.97 Å². The first-order valence-electron chi connectivity index (χ1n) is 10.0. The standard InChI is InChI=1S/C25H22ClNO4/c1-31-23-15-17(11-12-18(23)16-7-3-2-4-8-16)24(28)27-21(13-14-22(27)25(29)30)19-9-5-6-10-20(19)26/h2-12,15,21-22H,13-14H2,1H3,(H,29,30)/t21-,22-/m1/s1. The molecule has 1 fully saturated rings. The summed E-state index contributed by atoms with van der Waals surface area (Å²) < 4.78 is 5.55. The van der Waals surface area contributed by atoms with Crippen LogP contribution in [-0.2, 0) is 4.79 Å². The number of likely N-dealkylation sites (tertiary alicyclic amines) is 1. The summed E-state index contributed by atoms with van der Waals surface area (Å²) in [6.45, 7) is 0. The van der Waals surface area contributed by atoms with Crippen molar-refractivity contribution in [2.24, 2.45) is 0 Å². The third-order valence-electron chi connectivity index (χ3n) is 5.70. The molecule has 31 heavy (non-hydrogen) atoms. The molecule has 3 aromatic rings. The number of nitrogens with zero attached hydrogens (tertiary/aromatic N) is 1. The summed E-state index contributed by atoms with van der Waals surface area (Å²) in [7, 11) is 1.55. The third kappa shape index (κ3) is 4.01. The highest BCUT2D eigenvalue weighted by Gasteiger charge is 2.42. The predicted octanol–water partition coefficient (Wildman–Crippen LogP) is 5.45. The van der Waals surface area contributed by atoms with Crippen molar-refractivity contribution in [1.29, 1.82) is 0 Å². The van der Waals surface area contributed by atoms with E-state index in [4.69, 9.17) is 16.3 Å². The fourth-order valence-electron chi connectivity index (χ4n) is 4.22. The fourth-order valence-corrected chi connectivity index (χ4v) is 4.48. The summed E-state index contributed by atoms with van der Waals surface area (Å²) in [5, 5.41) is 10.3. The third-order valence-corrected chi connectivity index (χ3v) is 6.05. The molecule has 1 N–H and O–H groups in total. The molecule has 0 bridgehead atoms. The number of halogens is 1. The van der Waals surface area contributed by atoms with Crippen LogP contribution < -0.4 is 4.74 Å². The van der Waals surface area contributed by atoms with Crippen LogP contribution in [0, 0.1) is 0 Å².